The number of sulfone groups is 1. The van der Waals surface area contributed by atoms with Gasteiger partial charge in [0, 0.05) is 0 Å². The third-order valence-electron chi connectivity index (χ3n) is 1.41. The van der Waals surface area contributed by atoms with E-state index in [9.17, 15) is 8.42 Å². The summed E-state index contributed by atoms with van der Waals surface area (Å²) in [4.78, 5) is 0. The summed E-state index contributed by atoms with van der Waals surface area (Å²) in [7, 11) is -2.79. The molecule has 0 fully saturated rings. The monoisotopic (exact) mass is 176 g/mol. The van der Waals surface area contributed by atoms with Gasteiger partial charge in [-0.2, -0.15) is 0 Å². The van der Waals surface area contributed by atoms with E-state index in [1.165, 1.54) is 0 Å². The number of unbranched alkanes of at least 4 members (excludes halogenated alkanes) is 2. The van der Waals surface area contributed by atoms with Crippen LogP contribution in [-0.4, -0.2) is 19.9 Å². The zero-order valence-electron chi connectivity index (χ0n) is 6.88. The molecule has 11 heavy (non-hydrogen) atoms. The number of rotatable bonds is 6. The van der Waals surface area contributed by atoms with Crippen molar-refractivity contribution < 1.29 is 8.42 Å². The minimum absolute atomic E-state index is 0.288. The summed E-state index contributed by atoms with van der Waals surface area (Å²) in [5.74, 6) is 0.576. The van der Waals surface area contributed by atoms with Gasteiger partial charge in [0.1, 0.15) is 9.84 Å². The first-order valence-electron chi connectivity index (χ1n) is 3.91. The summed E-state index contributed by atoms with van der Waals surface area (Å²) < 4.78 is 22.2. The van der Waals surface area contributed by atoms with E-state index in [2.05, 4.69) is 13.8 Å². The van der Waals surface area contributed by atoms with E-state index in [0.29, 0.717) is 25.7 Å². The summed E-state index contributed by atoms with van der Waals surface area (Å²) >= 11 is 0. The molecule has 0 bridgehead atoms. The molecule has 0 N–H and O–H groups in total. The van der Waals surface area contributed by atoms with Crippen molar-refractivity contribution >= 4 is 9.84 Å². The van der Waals surface area contributed by atoms with Crippen LogP contribution in [0, 0.1) is 13.8 Å². The Kier molecular flexibility index (Phi) is 5.56. The van der Waals surface area contributed by atoms with Gasteiger partial charge in [-0.1, -0.05) is 26.7 Å². The van der Waals surface area contributed by atoms with Crippen molar-refractivity contribution in [1.82, 2.24) is 0 Å². The molecule has 0 aliphatic carbocycles. The lowest BCUT2D eigenvalue weighted by Crippen LogP contribution is -2.10. The van der Waals surface area contributed by atoms with Crippen LogP contribution < -0.4 is 0 Å². The van der Waals surface area contributed by atoms with Gasteiger partial charge in [0.25, 0.3) is 0 Å². The number of hydrogen-bond donors (Lipinski definition) is 0. The molecule has 0 unspecified atom stereocenters. The van der Waals surface area contributed by atoms with Crippen LogP contribution in [0.15, 0.2) is 0 Å². The fourth-order valence-electron chi connectivity index (χ4n) is 0.746. The maximum Gasteiger partial charge on any atom is 0.150 e. The number of hydrogen-bond acceptors (Lipinski definition) is 2. The fraction of sp³-hybridized carbons (Fsp3) is 0.750. The fourth-order valence-corrected chi connectivity index (χ4v) is 2.24. The normalized spacial score (nSPS) is 11.8. The van der Waals surface area contributed by atoms with E-state index in [4.69, 9.17) is 0 Å². The summed E-state index contributed by atoms with van der Waals surface area (Å²) in [5, 5.41) is 0. The summed E-state index contributed by atoms with van der Waals surface area (Å²) in [6, 6.07) is 0. The van der Waals surface area contributed by atoms with Crippen LogP contribution in [0.3, 0.4) is 0 Å². The predicted octanol–water partition coefficient (Wildman–Crippen LogP) is 1.63. The van der Waals surface area contributed by atoms with Crippen LogP contribution in [0.1, 0.15) is 25.7 Å². The lowest BCUT2D eigenvalue weighted by atomic mass is 10.4. The molecule has 2 nitrogen and oxygen atoms in total. The molecular formula is C8H16O2S. The highest BCUT2D eigenvalue weighted by Crippen LogP contribution is 2.00. The van der Waals surface area contributed by atoms with E-state index >= 15 is 0 Å². The van der Waals surface area contributed by atoms with Crippen LogP contribution in [0.5, 0.6) is 0 Å². The molecule has 0 aromatic carbocycles. The van der Waals surface area contributed by atoms with E-state index in [1.54, 1.807) is 0 Å². The van der Waals surface area contributed by atoms with Gasteiger partial charge in [0.15, 0.2) is 0 Å². The third kappa shape index (κ3) is 6.35. The second kappa shape index (κ2) is 5.58. The molecule has 0 aromatic rings. The van der Waals surface area contributed by atoms with Gasteiger partial charge in [-0.25, -0.2) is 8.42 Å². The van der Waals surface area contributed by atoms with Crippen LogP contribution >= 0.6 is 0 Å². The first kappa shape index (κ1) is 11.0. The van der Waals surface area contributed by atoms with E-state index < -0.39 is 9.84 Å². The summed E-state index contributed by atoms with van der Waals surface area (Å²) in [5.41, 5.74) is 0. The van der Waals surface area contributed by atoms with Gasteiger partial charge in [0.2, 0.25) is 0 Å². The topological polar surface area (TPSA) is 34.1 Å². The van der Waals surface area contributed by atoms with Gasteiger partial charge in [-0.3, -0.25) is 0 Å². The molecule has 0 aliphatic heterocycles. The van der Waals surface area contributed by atoms with Gasteiger partial charge in [-0.15, -0.1) is 0 Å². The molecule has 0 heterocycles. The Balaban J connectivity index is 3.63. The Hall–Kier alpha value is -0.0500. The van der Waals surface area contributed by atoms with Crippen LogP contribution in [-0.2, 0) is 9.84 Å². The Bertz CT molecular complexity index is 157. The standard InChI is InChI=1S/C8H16O2S/c1-3-5-7-11(9,10)8-6-4-2/h1-8H2. The zero-order chi connectivity index (χ0) is 8.74. The van der Waals surface area contributed by atoms with Gasteiger partial charge >= 0.3 is 0 Å². The lowest BCUT2D eigenvalue weighted by Gasteiger charge is -2.00. The maximum absolute atomic E-state index is 11.1. The molecule has 0 aliphatic rings. The van der Waals surface area contributed by atoms with Crippen molar-refractivity contribution in [2.75, 3.05) is 11.5 Å². The van der Waals surface area contributed by atoms with Gasteiger partial charge in [-0.05, 0) is 12.8 Å². The second-order valence-electron chi connectivity index (χ2n) is 2.57. The van der Waals surface area contributed by atoms with Crippen molar-refractivity contribution in [1.29, 1.82) is 0 Å². The third-order valence-corrected chi connectivity index (χ3v) is 3.23. The predicted molar refractivity (Wildman–Crippen MR) is 47.8 cm³/mol. The molecule has 0 atom stereocenters. The van der Waals surface area contributed by atoms with Crippen molar-refractivity contribution in [3.63, 3.8) is 0 Å². The highest BCUT2D eigenvalue weighted by Gasteiger charge is 2.07. The van der Waals surface area contributed by atoms with Gasteiger partial charge in [0.05, 0.1) is 11.5 Å². The van der Waals surface area contributed by atoms with Crippen molar-refractivity contribution in [3.8, 4) is 0 Å². The van der Waals surface area contributed by atoms with E-state index in [-0.39, 0.29) is 11.5 Å². The molecule has 2 radical (unpaired) electrons. The highest BCUT2D eigenvalue weighted by molar-refractivity contribution is 7.91. The summed E-state index contributed by atoms with van der Waals surface area (Å²) in [6.07, 6.45) is 2.76. The largest absolute Gasteiger partial charge is 0.229 e. The smallest absolute Gasteiger partial charge is 0.150 e. The minimum Gasteiger partial charge on any atom is -0.229 e. The Labute approximate surface area is 69.9 Å². The molecule has 0 amide bonds. The quantitative estimate of drug-likeness (QED) is 0.616. The average Bonchev–Trinajstić information content (AvgIpc) is 1.97. The summed E-state index contributed by atoms with van der Waals surface area (Å²) in [6.45, 7) is 7.18. The molecule has 66 valence electrons. The van der Waals surface area contributed by atoms with E-state index in [0.717, 1.165) is 0 Å². The Morgan fingerprint density at radius 1 is 0.909 bits per heavy atom. The molecular weight excluding hydrogens is 160 g/mol. The SMILES string of the molecule is [CH2]CCCS(=O)(=O)CCC[CH2]. The van der Waals surface area contributed by atoms with Crippen molar-refractivity contribution in [2.45, 2.75) is 25.7 Å². The van der Waals surface area contributed by atoms with E-state index in [1.807, 2.05) is 0 Å². The molecule has 0 aromatic heterocycles. The molecule has 0 saturated carbocycles. The minimum atomic E-state index is -2.79. The van der Waals surface area contributed by atoms with Crippen LogP contribution in [0.4, 0.5) is 0 Å². The first-order valence-corrected chi connectivity index (χ1v) is 5.73. The molecule has 3 heteroatoms. The Morgan fingerprint density at radius 2 is 1.27 bits per heavy atom. The second-order valence-corrected chi connectivity index (χ2v) is 4.87. The first-order chi connectivity index (χ1) is 5.12. The molecule has 0 saturated heterocycles. The molecule has 0 rings (SSSR count). The van der Waals surface area contributed by atoms with Crippen molar-refractivity contribution in [3.05, 3.63) is 13.8 Å². The van der Waals surface area contributed by atoms with Crippen LogP contribution in [0.2, 0.25) is 0 Å². The maximum atomic E-state index is 11.1. The van der Waals surface area contributed by atoms with Crippen LogP contribution in [0.25, 0.3) is 0 Å². The van der Waals surface area contributed by atoms with Gasteiger partial charge < -0.3 is 0 Å². The highest BCUT2D eigenvalue weighted by atomic mass is 32.2. The average molecular weight is 176 g/mol. The van der Waals surface area contributed by atoms with Crippen molar-refractivity contribution in [2.24, 2.45) is 0 Å². The Morgan fingerprint density at radius 3 is 1.55 bits per heavy atom. The lowest BCUT2D eigenvalue weighted by molar-refractivity contribution is 0.591. The zero-order valence-corrected chi connectivity index (χ0v) is 7.70. The molecule has 0 spiro atoms.